The molecule has 0 aliphatic rings. The first-order valence-corrected chi connectivity index (χ1v) is 7.05. The normalized spacial score (nSPS) is 10.4. The Kier molecular flexibility index (Phi) is 6.05. The van der Waals surface area contributed by atoms with Gasteiger partial charge in [-0.05, 0) is 18.2 Å². The number of hydrazone groups is 1. The fourth-order valence-corrected chi connectivity index (χ4v) is 1.96. The molecule has 0 bridgehead atoms. The van der Waals surface area contributed by atoms with Crippen LogP contribution in [0.5, 0.6) is 11.5 Å². The van der Waals surface area contributed by atoms with Crippen LogP contribution in [-0.4, -0.2) is 19.9 Å². The SMILES string of the molecule is C=CCOc1ccccc1/C=N/NCc1ccccc1OC. The van der Waals surface area contributed by atoms with E-state index in [0.717, 1.165) is 22.6 Å². The lowest BCUT2D eigenvalue weighted by Crippen LogP contribution is -2.07. The minimum Gasteiger partial charge on any atom is -0.496 e. The molecule has 0 unspecified atom stereocenters. The summed E-state index contributed by atoms with van der Waals surface area (Å²) in [6.45, 7) is 4.71. The molecule has 114 valence electrons. The van der Waals surface area contributed by atoms with Crippen molar-refractivity contribution in [1.82, 2.24) is 5.43 Å². The molecule has 2 rings (SSSR count). The second-order valence-electron chi connectivity index (χ2n) is 4.54. The number of benzene rings is 2. The zero-order valence-electron chi connectivity index (χ0n) is 12.7. The van der Waals surface area contributed by atoms with Gasteiger partial charge in [0.25, 0.3) is 0 Å². The van der Waals surface area contributed by atoms with Gasteiger partial charge in [-0.25, -0.2) is 0 Å². The molecule has 22 heavy (non-hydrogen) atoms. The van der Waals surface area contributed by atoms with Crippen LogP contribution in [-0.2, 0) is 6.54 Å². The Labute approximate surface area is 131 Å². The van der Waals surface area contributed by atoms with E-state index in [4.69, 9.17) is 9.47 Å². The van der Waals surface area contributed by atoms with Crippen LogP contribution in [0.4, 0.5) is 0 Å². The van der Waals surface area contributed by atoms with Crippen molar-refractivity contribution in [2.75, 3.05) is 13.7 Å². The Morgan fingerprint density at radius 2 is 1.82 bits per heavy atom. The quantitative estimate of drug-likeness (QED) is 0.461. The molecule has 0 atom stereocenters. The van der Waals surface area contributed by atoms with Crippen molar-refractivity contribution in [2.45, 2.75) is 6.54 Å². The Morgan fingerprint density at radius 1 is 1.09 bits per heavy atom. The molecule has 0 amide bonds. The molecule has 2 aromatic rings. The average molecular weight is 296 g/mol. The summed E-state index contributed by atoms with van der Waals surface area (Å²) in [6.07, 6.45) is 3.46. The lowest BCUT2D eigenvalue weighted by atomic mass is 10.2. The lowest BCUT2D eigenvalue weighted by molar-refractivity contribution is 0.362. The van der Waals surface area contributed by atoms with Crippen LogP contribution in [0.15, 0.2) is 66.3 Å². The Balaban J connectivity index is 1.96. The van der Waals surface area contributed by atoms with Crippen LogP contribution in [0.1, 0.15) is 11.1 Å². The first-order valence-electron chi connectivity index (χ1n) is 7.05. The second-order valence-corrected chi connectivity index (χ2v) is 4.54. The van der Waals surface area contributed by atoms with Crippen LogP contribution in [0.2, 0.25) is 0 Å². The van der Waals surface area contributed by atoms with Gasteiger partial charge in [-0.2, -0.15) is 5.10 Å². The number of methoxy groups -OCH3 is 1. The first kappa shape index (κ1) is 15.6. The highest BCUT2D eigenvalue weighted by atomic mass is 16.5. The summed E-state index contributed by atoms with van der Waals surface area (Å²) in [6, 6.07) is 15.6. The lowest BCUT2D eigenvalue weighted by Gasteiger charge is -2.08. The highest BCUT2D eigenvalue weighted by Crippen LogP contribution is 2.17. The number of nitrogens with one attached hydrogen (secondary N) is 1. The Bertz CT molecular complexity index is 638. The van der Waals surface area contributed by atoms with Crippen molar-refractivity contribution in [3.8, 4) is 11.5 Å². The van der Waals surface area contributed by atoms with Gasteiger partial charge in [0, 0.05) is 11.1 Å². The molecule has 0 aliphatic heterocycles. The van der Waals surface area contributed by atoms with E-state index >= 15 is 0 Å². The molecular formula is C18H20N2O2. The number of rotatable bonds is 8. The molecule has 0 spiro atoms. The maximum absolute atomic E-state index is 5.58. The van der Waals surface area contributed by atoms with E-state index in [-0.39, 0.29) is 0 Å². The highest BCUT2D eigenvalue weighted by Gasteiger charge is 2.01. The molecule has 0 aromatic heterocycles. The van der Waals surface area contributed by atoms with Gasteiger partial charge < -0.3 is 14.9 Å². The summed E-state index contributed by atoms with van der Waals surface area (Å²) in [5.74, 6) is 1.63. The van der Waals surface area contributed by atoms with Crippen LogP contribution in [0, 0.1) is 0 Å². The summed E-state index contributed by atoms with van der Waals surface area (Å²) in [4.78, 5) is 0. The van der Waals surface area contributed by atoms with Crippen molar-refractivity contribution in [2.24, 2.45) is 5.10 Å². The molecule has 4 nitrogen and oxygen atoms in total. The van der Waals surface area contributed by atoms with Gasteiger partial charge in [-0.15, -0.1) is 0 Å². The zero-order chi connectivity index (χ0) is 15.6. The fourth-order valence-electron chi connectivity index (χ4n) is 1.96. The summed E-state index contributed by atoms with van der Waals surface area (Å²) < 4.78 is 10.9. The van der Waals surface area contributed by atoms with Crippen molar-refractivity contribution < 1.29 is 9.47 Å². The minimum atomic E-state index is 0.472. The van der Waals surface area contributed by atoms with Gasteiger partial charge in [0.2, 0.25) is 0 Å². The molecule has 0 radical (unpaired) electrons. The van der Waals surface area contributed by atoms with Gasteiger partial charge in [-0.1, -0.05) is 43.0 Å². The maximum Gasteiger partial charge on any atom is 0.128 e. The number of ether oxygens (including phenoxy) is 2. The van der Waals surface area contributed by atoms with Crippen molar-refractivity contribution >= 4 is 6.21 Å². The van der Waals surface area contributed by atoms with E-state index in [1.165, 1.54) is 0 Å². The molecule has 0 saturated carbocycles. The van der Waals surface area contributed by atoms with E-state index in [2.05, 4.69) is 17.1 Å². The van der Waals surface area contributed by atoms with Gasteiger partial charge in [0.05, 0.1) is 19.9 Å². The monoisotopic (exact) mass is 296 g/mol. The third-order valence-corrected chi connectivity index (χ3v) is 3.03. The van der Waals surface area contributed by atoms with E-state index in [9.17, 15) is 0 Å². The average Bonchev–Trinajstić information content (AvgIpc) is 2.58. The third-order valence-electron chi connectivity index (χ3n) is 3.03. The molecule has 2 aromatic carbocycles. The highest BCUT2D eigenvalue weighted by molar-refractivity contribution is 5.83. The Hall–Kier alpha value is -2.75. The van der Waals surface area contributed by atoms with Crippen LogP contribution in [0.25, 0.3) is 0 Å². The number of hydrogen-bond acceptors (Lipinski definition) is 4. The molecule has 0 heterocycles. The van der Waals surface area contributed by atoms with Crippen LogP contribution >= 0.6 is 0 Å². The van der Waals surface area contributed by atoms with Gasteiger partial charge in [0.1, 0.15) is 18.1 Å². The van der Waals surface area contributed by atoms with Gasteiger partial charge in [0.15, 0.2) is 0 Å². The predicted octanol–water partition coefficient (Wildman–Crippen LogP) is 3.38. The van der Waals surface area contributed by atoms with E-state index in [0.29, 0.717) is 13.2 Å². The molecule has 0 saturated heterocycles. The Morgan fingerprint density at radius 3 is 2.59 bits per heavy atom. The third kappa shape index (κ3) is 4.38. The van der Waals surface area contributed by atoms with Crippen molar-refractivity contribution in [3.05, 3.63) is 72.3 Å². The molecule has 0 fully saturated rings. The number of nitrogens with zero attached hydrogens (tertiary/aromatic N) is 1. The molecule has 0 aliphatic carbocycles. The second kappa shape index (κ2) is 8.52. The topological polar surface area (TPSA) is 42.8 Å². The fraction of sp³-hybridized carbons (Fsp3) is 0.167. The van der Waals surface area contributed by atoms with E-state index in [1.807, 2.05) is 48.5 Å². The van der Waals surface area contributed by atoms with Gasteiger partial charge in [-0.3, -0.25) is 0 Å². The molecule has 1 N–H and O–H groups in total. The molecular weight excluding hydrogens is 276 g/mol. The van der Waals surface area contributed by atoms with Crippen molar-refractivity contribution in [3.63, 3.8) is 0 Å². The van der Waals surface area contributed by atoms with E-state index in [1.54, 1.807) is 19.4 Å². The summed E-state index contributed by atoms with van der Waals surface area (Å²) in [5.41, 5.74) is 4.99. The van der Waals surface area contributed by atoms with Crippen molar-refractivity contribution in [1.29, 1.82) is 0 Å². The van der Waals surface area contributed by atoms with Gasteiger partial charge >= 0.3 is 0 Å². The standard InChI is InChI=1S/C18H20N2O2/c1-3-12-22-18-11-7-5-9-16(18)14-20-19-13-15-8-4-6-10-17(15)21-2/h3-11,14,19H,1,12-13H2,2H3/b20-14+. The van der Waals surface area contributed by atoms with E-state index < -0.39 is 0 Å². The minimum absolute atomic E-state index is 0.472. The zero-order valence-corrected chi connectivity index (χ0v) is 12.7. The number of para-hydroxylation sites is 2. The summed E-state index contributed by atoms with van der Waals surface area (Å²) >= 11 is 0. The predicted molar refractivity (Wildman–Crippen MR) is 89.6 cm³/mol. The van der Waals surface area contributed by atoms with Crippen LogP contribution in [0.3, 0.4) is 0 Å². The maximum atomic E-state index is 5.58. The van der Waals surface area contributed by atoms with Crippen LogP contribution < -0.4 is 14.9 Å². The first-order chi connectivity index (χ1) is 10.8. The number of hydrogen-bond donors (Lipinski definition) is 1. The molecule has 4 heteroatoms. The summed E-state index contributed by atoms with van der Waals surface area (Å²) in [5, 5.41) is 4.24. The largest absolute Gasteiger partial charge is 0.496 e. The summed E-state index contributed by atoms with van der Waals surface area (Å²) in [7, 11) is 1.66. The smallest absolute Gasteiger partial charge is 0.128 e.